The highest BCUT2D eigenvalue weighted by atomic mass is 16.5. The smallest absolute Gasteiger partial charge is 0.251 e. The number of benzene rings is 2. The predicted molar refractivity (Wildman–Crippen MR) is 101 cm³/mol. The quantitative estimate of drug-likeness (QED) is 0.900. The number of amides is 1. The number of anilines is 1. The van der Waals surface area contributed by atoms with Gasteiger partial charge in [0.1, 0.15) is 11.9 Å². The topological polar surface area (TPSA) is 41.6 Å². The average Bonchev–Trinajstić information content (AvgIpc) is 2.59. The summed E-state index contributed by atoms with van der Waals surface area (Å²) >= 11 is 0. The first-order valence-electron chi connectivity index (χ1n) is 8.90. The van der Waals surface area contributed by atoms with Crippen molar-refractivity contribution in [3.8, 4) is 5.75 Å². The van der Waals surface area contributed by atoms with E-state index in [4.69, 9.17) is 4.74 Å². The lowest BCUT2D eigenvalue weighted by Gasteiger charge is -2.35. The van der Waals surface area contributed by atoms with Crippen LogP contribution in [0.1, 0.15) is 36.7 Å². The maximum absolute atomic E-state index is 12.3. The van der Waals surface area contributed by atoms with Crippen LogP contribution in [-0.4, -0.2) is 25.1 Å². The van der Waals surface area contributed by atoms with E-state index in [1.807, 2.05) is 36.4 Å². The Hall–Kier alpha value is -2.49. The molecule has 0 aliphatic carbocycles. The van der Waals surface area contributed by atoms with Crippen LogP contribution >= 0.6 is 0 Å². The number of hydrogen-bond acceptors (Lipinski definition) is 3. The predicted octanol–water partition coefficient (Wildman–Crippen LogP) is 3.86. The van der Waals surface area contributed by atoms with Gasteiger partial charge in [0.15, 0.2) is 0 Å². The third-order valence-electron chi connectivity index (χ3n) is 4.25. The van der Waals surface area contributed by atoms with Crippen molar-refractivity contribution in [1.82, 2.24) is 5.32 Å². The molecule has 0 spiro atoms. The summed E-state index contributed by atoms with van der Waals surface area (Å²) in [6.07, 6.45) is 0.146. The largest absolute Gasteiger partial charge is 0.487 e. The van der Waals surface area contributed by atoms with E-state index < -0.39 is 0 Å². The highest BCUT2D eigenvalue weighted by Crippen LogP contribution is 2.33. The molecule has 4 heteroatoms. The van der Waals surface area contributed by atoms with Gasteiger partial charge < -0.3 is 15.0 Å². The molecule has 4 nitrogen and oxygen atoms in total. The van der Waals surface area contributed by atoms with Crippen LogP contribution in [-0.2, 0) is 6.54 Å². The van der Waals surface area contributed by atoms with Gasteiger partial charge >= 0.3 is 0 Å². The third-order valence-corrected chi connectivity index (χ3v) is 4.25. The number of nitrogens with zero attached hydrogens (tertiary/aromatic N) is 1. The molecule has 1 heterocycles. The molecular formula is C21H26N2O2. The van der Waals surface area contributed by atoms with E-state index in [1.165, 1.54) is 0 Å². The number of fused-ring (bicyclic) bond motifs is 1. The zero-order chi connectivity index (χ0) is 17.8. The van der Waals surface area contributed by atoms with Gasteiger partial charge in [-0.25, -0.2) is 0 Å². The molecule has 0 bridgehead atoms. The first-order chi connectivity index (χ1) is 12.0. The zero-order valence-corrected chi connectivity index (χ0v) is 15.2. The highest BCUT2D eigenvalue weighted by Gasteiger charge is 2.22. The molecule has 2 aromatic rings. The summed E-state index contributed by atoms with van der Waals surface area (Å²) in [7, 11) is 0. The van der Waals surface area contributed by atoms with E-state index in [0.29, 0.717) is 18.0 Å². The fourth-order valence-electron chi connectivity index (χ4n) is 3.06. The SMILES string of the molecule is CC(C)CNC(=O)c1cccc(CN2CC(C)Oc3ccccc32)c1. The molecule has 1 unspecified atom stereocenters. The number of carbonyl (C=O) groups is 1. The summed E-state index contributed by atoms with van der Waals surface area (Å²) in [5.74, 6) is 1.36. The van der Waals surface area contributed by atoms with Crippen molar-refractivity contribution in [2.24, 2.45) is 5.92 Å². The maximum Gasteiger partial charge on any atom is 0.251 e. The van der Waals surface area contributed by atoms with E-state index in [9.17, 15) is 4.79 Å². The number of carbonyl (C=O) groups excluding carboxylic acids is 1. The number of rotatable bonds is 5. The molecule has 132 valence electrons. The summed E-state index contributed by atoms with van der Waals surface area (Å²) in [5.41, 5.74) is 2.95. The summed E-state index contributed by atoms with van der Waals surface area (Å²) < 4.78 is 5.91. The number of ether oxygens (including phenoxy) is 1. The zero-order valence-electron chi connectivity index (χ0n) is 15.2. The van der Waals surface area contributed by atoms with Crippen molar-refractivity contribution in [1.29, 1.82) is 0 Å². The van der Waals surface area contributed by atoms with Crippen LogP contribution in [0.15, 0.2) is 48.5 Å². The second-order valence-electron chi connectivity index (χ2n) is 7.08. The number of para-hydroxylation sites is 2. The minimum Gasteiger partial charge on any atom is -0.487 e. The van der Waals surface area contributed by atoms with E-state index in [2.05, 4.69) is 43.1 Å². The van der Waals surface area contributed by atoms with Gasteiger partial charge in [-0.1, -0.05) is 38.1 Å². The van der Waals surface area contributed by atoms with Crippen LogP contribution < -0.4 is 15.0 Å². The van der Waals surface area contributed by atoms with Gasteiger partial charge in [-0.05, 0) is 42.7 Å². The Morgan fingerprint density at radius 2 is 2.04 bits per heavy atom. The number of nitrogens with one attached hydrogen (secondary N) is 1. The van der Waals surface area contributed by atoms with Crippen LogP contribution in [0, 0.1) is 5.92 Å². The Kier molecular flexibility index (Phi) is 5.27. The monoisotopic (exact) mass is 338 g/mol. The Morgan fingerprint density at radius 1 is 1.24 bits per heavy atom. The standard InChI is InChI=1S/C21H26N2O2/c1-15(2)12-22-21(24)18-8-6-7-17(11-18)14-23-13-16(3)25-20-10-5-4-9-19(20)23/h4-11,15-16H,12-14H2,1-3H3,(H,22,24). The Balaban J connectivity index is 1.75. The van der Waals surface area contributed by atoms with Gasteiger partial charge in [-0.15, -0.1) is 0 Å². The summed E-state index contributed by atoms with van der Waals surface area (Å²) in [6, 6.07) is 16.0. The van der Waals surface area contributed by atoms with Gasteiger partial charge in [-0.2, -0.15) is 0 Å². The Labute approximate surface area is 149 Å². The molecule has 2 aromatic carbocycles. The van der Waals surface area contributed by atoms with Crippen molar-refractivity contribution in [2.75, 3.05) is 18.0 Å². The van der Waals surface area contributed by atoms with Gasteiger partial charge in [0, 0.05) is 18.7 Å². The van der Waals surface area contributed by atoms with Crippen molar-refractivity contribution < 1.29 is 9.53 Å². The van der Waals surface area contributed by atoms with E-state index in [0.717, 1.165) is 30.1 Å². The van der Waals surface area contributed by atoms with Crippen molar-refractivity contribution in [3.63, 3.8) is 0 Å². The molecule has 0 saturated carbocycles. The first kappa shape index (κ1) is 17.3. The van der Waals surface area contributed by atoms with E-state index in [1.54, 1.807) is 0 Å². The number of hydrogen-bond donors (Lipinski definition) is 1. The van der Waals surface area contributed by atoms with Gasteiger partial charge in [0.2, 0.25) is 0 Å². The lowest BCUT2D eigenvalue weighted by Crippen LogP contribution is -2.38. The third kappa shape index (κ3) is 4.32. The second-order valence-corrected chi connectivity index (χ2v) is 7.08. The molecule has 1 N–H and O–H groups in total. The molecule has 25 heavy (non-hydrogen) atoms. The average molecular weight is 338 g/mol. The summed E-state index contributed by atoms with van der Waals surface area (Å²) in [4.78, 5) is 14.6. The summed E-state index contributed by atoms with van der Waals surface area (Å²) in [5, 5.41) is 2.98. The van der Waals surface area contributed by atoms with Gasteiger partial charge in [0.25, 0.3) is 5.91 Å². The van der Waals surface area contributed by atoms with Gasteiger partial charge in [-0.3, -0.25) is 4.79 Å². The minimum absolute atomic E-state index is 0.00806. The van der Waals surface area contributed by atoms with Crippen LogP contribution in [0.25, 0.3) is 0 Å². The molecule has 1 amide bonds. The normalized spacial score (nSPS) is 16.3. The molecule has 0 fully saturated rings. The van der Waals surface area contributed by atoms with Crippen LogP contribution in [0.3, 0.4) is 0 Å². The fraction of sp³-hybridized carbons (Fsp3) is 0.381. The van der Waals surface area contributed by atoms with Gasteiger partial charge in [0.05, 0.1) is 12.2 Å². The fourth-order valence-corrected chi connectivity index (χ4v) is 3.06. The lowest BCUT2D eigenvalue weighted by atomic mass is 10.1. The van der Waals surface area contributed by atoms with Crippen LogP contribution in [0.2, 0.25) is 0 Å². The first-order valence-corrected chi connectivity index (χ1v) is 8.90. The maximum atomic E-state index is 12.3. The molecule has 1 aliphatic rings. The highest BCUT2D eigenvalue weighted by molar-refractivity contribution is 5.94. The molecule has 3 rings (SSSR count). The molecule has 0 radical (unpaired) electrons. The van der Waals surface area contributed by atoms with Crippen molar-refractivity contribution in [2.45, 2.75) is 33.4 Å². The molecule has 1 atom stereocenters. The molecular weight excluding hydrogens is 312 g/mol. The molecule has 0 aromatic heterocycles. The van der Waals surface area contributed by atoms with Crippen LogP contribution in [0.4, 0.5) is 5.69 Å². The van der Waals surface area contributed by atoms with Crippen molar-refractivity contribution in [3.05, 3.63) is 59.7 Å². The van der Waals surface area contributed by atoms with E-state index >= 15 is 0 Å². The second kappa shape index (κ2) is 7.60. The summed E-state index contributed by atoms with van der Waals surface area (Å²) in [6.45, 7) is 8.55. The molecule has 1 aliphatic heterocycles. The lowest BCUT2D eigenvalue weighted by molar-refractivity contribution is 0.0949. The Bertz CT molecular complexity index is 742. The Morgan fingerprint density at radius 3 is 2.84 bits per heavy atom. The minimum atomic E-state index is -0.00806. The van der Waals surface area contributed by atoms with Crippen molar-refractivity contribution >= 4 is 11.6 Å². The molecule has 0 saturated heterocycles. The van der Waals surface area contributed by atoms with E-state index in [-0.39, 0.29) is 12.0 Å². The van der Waals surface area contributed by atoms with Crippen LogP contribution in [0.5, 0.6) is 5.75 Å².